The van der Waals surface area contributed by atoms with E-state index in [9.17, 15) is 8.42 Å². The third-order valence-electron chi connectivity index (χ3n) is 5.48. The zero-order chi connectivity index (χ0) is 19.6. The van der Waals surface area contributed by atoms with Crippen molar-refractivity contribution in [2.45, 2.75) is 43.2 Å². The summed E-state index contributed by atoms with van der Waals surface area (Å²) in [7, 11) is -3.35. The Kier molecular flexibility index (Phi) is 5.80. The fraction of sp³-hybridized carbons (Fsp3) is 0.429. The van der Waals surface area contributed by atoms with E-state index in [0.717, 1.165) is 29.9 Å². The molecule has 2 aromatic rings. The van der Waals surface area contributed by atoms with Crippen molar-refractivity contribution in [3.05, 3.63) is 53.1 Å². The number of halogens is 1. The Morgan fingerprint density at radius 1 is 1.00 bits per heavy atom. The Morgan fingerprint density at radius 2 is 1.71 bits per heavy atom. The van der Waals surface area contributed by atoms with E-state index in [-0.39, 0.29) is 12.5 Å². The van der Waals surface area contributed by atoms with Gasteiger partial charge in [0.25, 0.3) is 0 Å². The summed E-state index contributed by atoms with van der Waals surface area (Å²) in [5, 5.41) is 0.536. The molecule has 2 aliphatic rings. The van der Waals surface area contributed by atoms with Crippen LogP contribution in [-0.2, 0) is 16.4 Å². The van der Waals surface area contributed by atoms with Crippen LogP contribution in [0.25, 0.3) is 0 Å². The van der Waals surface area contributed by atoms with Gasteiger partial charge in [-0.2, -0.15) is 0 Å². The van der Waals surface area contributed by atoms with E-state index in [1.165, 1.54) is 12.8 Å². The molecule has 1 aliphatic heterocycles. The van der Waals surface area contributed by atoms with Crippen molar-refractivity contribution in [3.8, 4) is 11.5 Å². The average Bonchev–Trinajstić information content (AvgIpc) is 3.37. The molecule has 0 radical (unpaired) electrons. The van der Waals surface area contributed by atoms with Crippen LogP contribution < -0.4 is 9.47 Å². The maximum absolute atomic E-state index is 12.8. The molecule has 150 valence electrons. The Bertz CT molecular complexity index is 924. The van der Waals surface area contributed by atoms with Gasteiger partial charge in [0.2, 0.25) is 6.79 Å². The molecule has 0 saturated heterocycles. The van der Waals surface area contributed by atoms with Gasteiger partial charge in [-0.15, -0.1) is 0 Å². The second kappa shape index (κ2) is 8.31. The van der Waals surface area contributed by atoms with E-state index in [1.807, 2.05) is 18.2 Å². The first-order valence-electron chi connectivity index (χ1n) is 9.62. The van der Waals surface area contributed by atoms with Gasteiger partial charge in [-0.25, -0.2) is 8.42 Å². The Balaban J connectivity index is 1.48. The molecule has 4 rings (SSSR count). The van der Waals surface area contributed by atoms with Crippen molar-refractivity contribution in [1.82, 2.24) is 4.90 Å². The first-order valence-corrected chi connectivity index (χ1v) is 11.7. The number of hydrogen-bond acceptors (Lipinski definition) is 5. The second-order valence-corrected chi connectivity index (χ2v) is 9.91. The number of hydrogen-bond donors (Lipinski definition) is 0. The molecular weight excluding hydrogens is 398 g/mol. The smallest absolute Gasteiger partial charge is 0.231 e. The molecule has 7 heteroatoms. The van der Waals surface area contributed by atoms with Crippen LogP contribution in [0.4, 0.5) is 0 Å². The SMILES string of the molecule is O=S(=O)(CCN(Cc1ccc2c(c1)OCO2)C1CCCC1)c1ccc(Cl)cc1. The van der Waals surface area contributed by atoms with Gasteiger partial charge in [0.1, 0.15) is 0 Å². The number of nitrogens with zero attached hydrogens (tertiary/aromatic N) is 1. The van der Waals surface area contributed by atoms with Crippen LogP contribution in [0.1, 0.15) is 31.2 Å². The molecule has 1 heterocycles. The minimum atomic E-state index is -3.35. The van der Waals surface area contributed by atoms with Crippen LogP contribution in [0, 0.1) is 0 Å². The van der Waals surface area contributed by atoms with Crippen LogP contribution in [0.15, 0.2) is 47.4 Å². The maximum atomic E-state index is 12.8. The molecule has 0 unspecified atom stereocenters. The third kappa shape index (κ3) is 4.45. The highest BCUT2D eigenvalue weighted by Crippen LogP contribution is 2.33. The van der Waals surface area contributed by atoms with Crippen molar-refractivity contribution in [3.63, 3.8) is 0 Å². The van der Waals surface area contributed by atoms with Crippen molar-refractivity contribution in [1.29, 1.82) is 0 Å². The van der Waals surface area contributed by atoms with Crippen LogP contribution in [-0.4, -0.2) is 38.5 Å². The minimum absolute atomic E-state index is 0.0929. The predicted molar refractivity (Wildman–Crippen MR) is 109 cm³/mol. The topological polar surface area (TPSA) is 55.8 Å². The number of sulfone groups is 1. The number of benzene rings is 2. The molecule has 0 amide bonds. The van der Waals surface area contributed by atoms with Crippen molar-refractivity contribution in [2.24, 2.45) is 0 Å². The Labute approximate surface area is 171 Å². The molecule has 1 saturated carbocycles. The van der Waals surface area contributed by atoms with E-state index in [0.29, 0.717) is 29.0 Å². The van der Waals surface area contributed by atoms with Gasteiger partial charge in [-0.3, -0.25) is 4.90 Å². The fourth-order valence-electron chi connectivity index (χ4n) is 3.93. The summed E-state index contributed by atoms with van der Waals surface area (Å²) in [5.74, 6) is 1.62. The number of fused-ring (bicyclic) bond motifs is 1. The van der Waals surface area contributed by atoms with Gasteiger partial charge in [0.15, 0.2) is 21.3 Å². The lowest BCUT2D eigenvalue weighted by Gasteiger charge is -2.29. The molecule has 1 fully saturated rings. The minimum Gasteiger partial charge on any atom is -0.454 e. The lowest BCUT2D eigenvalue weighted by atomic mass is 10.1. The summed E-state index contributed by atoms with van der Waals surface area (Å²) in [6.45, 7) is 1.46. The van der Waals surface area contributed by atoms with Gasteiger partial charge >= 0.3 is 0 Å². The van der Waals surface area contributed by atoms with E-state index in [4.69, 9.17) is 21.1 Å². The molecule has 0 N–H and O–H groups in total. The average molecular weight is 422 g/mol. The van der Waals surface area contributed by atoms with Crippen molar-refractivity contribution >= 4 is 21.4 Å². The highest BCUT2D eigenvalue weighted by Gasteiger charge is 2.25. The van der Waals surface area contributed by atoms with Crippen molar-refractivity contribution in [2.75, 3.05) is 19.1 Å². The molecule has 28 heavy (non-hydrogen) atoms. The largest absolute Gasteiger partial charge is 0.454 e. The lowest BCUT2D eigenvalue weighted by Crippen LogP contribution is -2.36. The Hall–Kier alpha value is -1.76. The summed E-state index contributed by atoms with van der Waals surface area (Å²) in [6.07, 6.45) is 4.63. The van der Waals surface area contributed by atoms with Gasteiger partial charge in [-0.05, 0) is 54.8 Å². The summed E-state index contributed by atoms with van der Waals surface area (Å²) >= 11 is 5.88. The molecule has 0 spiro atoms. The molecular formula is C21H24ClNO4S. The van der Waals surface area contributed by atoms with Crippen LogP contribution in [0.2, 0.25) is 5.02 Å². The molecule has 5 nitrogen and oxygen atoms in total. The molecule has 1 aliphatic carbocycles. The fourth-order valence-corrected chi connectivity index (χ4v) is 5.32. The summed E-state index contributed by atoms with van der Waals surface area (Å²) < 4.78 is 36.4. The summed E-state index contributed by atoms with van der Waals surface area (Å²) in [6, 6.07) is 12.8. The summed E-state index contributed by atoms with van der Waals surface area (Å²) in [4.78, 5) is 2.63. The van der Waals surface area contributed by atoms with Crippen molar-refractivity contribution < 1.29 is 17.9 Å². The van der Waals surface area contributed by atoms with Crippen LogP contribution in [0.3, 0.4) is 0 Å². The highest BCUT2D eigenvalue weighted by molar-refractivity contribution is 7.91. The first kappa shape index (κ1) is 19.6. The second-order valence-electron chi connectivity index (χ2n) is 7.37. The molecule has 0 atom stereocenters. The number of ether oxygens (including phenoxy) is 2. The van der Waals surface area contributed by atoms with Gasteiger partial charge in [-0.1, -0.05) is 30.5 Å². The number of rotatable bonds is 7. The molecule has 0 bridgehead atoms. The van der Waals surface area contributed by atoms with Gasteiger partial charge < -0.3 is 9.47 Å². The standard InChI is InChI=1S/C21H24ClNO4S/c22-17-6-8-19(9-7-17)28(24,25)12-11-23(18-3-1-2-4-18)14-16-5-10-20-21(13-16)27-15-26-20/h5-10,13,18H,1-4,11-12,14-15H2. The maximum Gasteiger partial charge on any atom is 0.231 e. The quantitative estimate of drug-likeness (QED) is 0.667. The molecule has 2 aromatic carbocycles. The normalized spacial score (nSPS) is 16.8. The van der Waals surface area contributed by atoms with E-state index in [1.54, 1.807) is 24.3 Å². The van der Waals surface area contributed by atoms with Crippen LogP contribution >= 0.6 is 11.6 Å². The predicted octanol–water partition coefficient (Wildman–Crippen LogP) is 4.29. The lowest BCUT2D eigenvalue weighted by molar-refractivity contribution is 0.173. The monoisotopic (exact) mass is 421 g/mol. The first-order chi connectivity index (χ1) is 13.5. The van der Waals surface area contributed by atoms with E-state index in [2.05, 4.69) is 4.90 Å². The van der Waals surface area contributed by atoms with Crippen LogP contribution in [0.5, 0.6) is 11.5 Å². The zero-order valence-electron chi connectivity index (χ0n) is 15.6. The molecule has 0 aromatic heterocycles. The van der Waals surface area contributed by atoms with Gasteiger partial charge in [0.05, 0.1) is 10.6 Å². The van der Waals surface area contributed by atoms with E-state index < -0.39 is 9.84 Å². The zero-order valence-corrected chi connectivity index (χ0v) is 17.2. The van der Waals surface area contributed by atoms with Gasteiger partial charge in [0, 0.05) is 24.2 Å². The summed E-state index contributed by atoms with van der Waals surface area (Å²) in [5.41, 5.74) is 1.11. The highest BCUT2D eigenvalue weighted by atomic mass is 35.5. The van der Waals surface area contributed by atoms with E-state index >= 15 is 0 Å². The Morgan fingerprint density at radius 3 is 2.46 bits per heavy atom. The third-order valence-corrected chi connectivity index (χ3v) is 7.45.